The number of amides is 1. The van der Waals surface area contributed by atoms with Gasteiger partial charge in [-0.1, -0.05) is 60.7 Å². The number of hydrogen-bond donors (Lipinski definition) is 0. The fraction of sp³-hybridized carbons (Fsp3) is 0.276. The Balaban J connectivity index is 1.56. The van der Waals surface area contributed by atoms with E-state index < -0.39 is 6.10 Å². The molecule has 1 amide bonds. The average Bonchev–Trinajstić information content (AvgIpc) is 2.91. The smallest absolute Gasteiger partial charge is 0.293 e. The van der Waals surface area contributed by atoms with E-state index in [9.17, 15) is 4.79 Å². The molecule has 1 heterocycles. The first-order valence-corrected chi connectivity index (χ1v) is 11.9. The van der Waals surface area contributed by atoms with E-state index in [2.05, 4.69) is 0 Å². The summed E-state index contributed by atoms with van der Waals surface area (Å²) < 4.78 is 24.4. The number of carbonyl (C=O) groups is 1. The predicted molar refractivity (Wildman–Crippen MR) is 134 cm³/mol. The number of nitrogens with zero attached hydrogens (tertiary/aromatic N) is 1. The van der Waals surface area contributed by atoms with E-state index in [1.807, 2.05) is 87.5 Å². The molecule has 0 fully saturated rings. The molecule has 0 aliphatic carbocycles. The Morgan fingerprint density at radius 1 is 0.829 bits per heavy atom. The molecule has 0 spiro atoms. The second kappa shape index (κ2) is 11.6. The fourth-order valence-electron chi connectivity index (χ4n) is 3.75. The van der Waals surface area contributed by atoms with Crippen molar-refractivity contribution >= 4 is 5.91 Å². The van der Waals surface area contributed by atoms with Crippen molar-refractivity contribution in [1.82, 2.24) is 4.90 Å². The van der Waals surface area contributed by atoms with Crippen molar-refractivity contribution in [3.63, 3.8) is 0 Å². The van der Waals surface area contributed by atoms with Crippen molar-refractivity contribution in [2.45, 2.75) is 40.1 Å². The Morgan fingerprint density at radius 3 is 2.09 bits per heavy atom. The lowest BCUT2D eigenvalue weighted by molar-refractivity contribution is -0.129. The maximum absolute atomic E-state index is 13.3. The average molecular weight is 474 g/mol. The van der Waals surface area contributed by atoms with Gasteiger partial charge in [-0.25, -0.2) is 0 Å². The van der Waals surface area contributed by atoms with Crippen molar-refractivity contribution in [3.8, 4) is 17.2 Å². The number of carbonyl (C=O) groups excluding carboxylic acids is 1. The van der Waals surface area contributed by atoms with Crippen LogP contribution in [0.5, 0.6) is 17.2 Å². The van der Waals surface area contributed by atoms with Crippen LogP contribution >= 0.6 is 0 Å². The van der Waals surface area contributed by atoms with Gasteiger partial charge in [-0.15, -0.1) is 0 Å². The summed E-state index contributed by atoms with van der Waals surface area (Å²) in [4.78, 5) is 15.0. The van der Waals surface area contributed by atoms with E-state index >= 15 is 0 Å². The van der Waals surface area contributed by atoms with Gasteiger partial charge in [-0.2, -0.15) is 0 Å². The SMILES string of the molecule is CCN(CC)C(=O)C1=C(C(C)OCc2ccccc2)Oc2cc(OCc3ccccc3)ccc2O1. The minimum absolute atomic E-state index is 0.153. The minimum atomic E-state index is -0.508. The van der Waals surface area contributed by atoms with Gasteiger partial charge in [0.2, 0.25) is 5.76 Å². The lowest BCUT2D eigenvalue weighted by Gasteiger charge is -2.29. The van der Waals surface area contributed by atoms with Gasteiger partial charge in [0.15, 0.2) is 17.3 Å². The topological polar surface area (TPSA) is 57.2 Å². The molecule has 6 nitrogen and oxygen atoms in total. The van der Waals surface area contributed by atoms with Gasteiger partial charge in [0, 0.05) is 19.2 Å². The molecule has 1 aliphatic heterocycles. The molecular weight excluding hydrogens is 442 g/mol. The zero-order valence-corrected chi connectivity index (χ0v) is 20.4. The van der Waals surface area contributed by atoms with Crippen LogP contribution in [0.1, 0.15) is 31.9 Å². The summed E-state index contributed by atoms with van der Waals surface area (Å²) >= 11 is 0. The number of fused-ring (bicyclic) bond motifs is 1. The third-order valence-corrected chi connectivity index (χ3v) is 5.78. The van der Waals surface area contributed by atoms with Crippen LogP contribution in [-0.2, 0) is 22.7 Å². The molecule has 1 atom stereocenters. The molecule has 3 aromatic rings. The highest BCUT2D eigenvalue weighted by atomic mass is 16.6. The van der Waals surface area contributed by atoms with Crippen LogP contribution in [0.15, 0.2) is 90.4 Å². The molecule has 0 radical (unpaired) electrons. The highest BCUT2D eigenvalue weighted by molar-refractivity contribution is 5.93. The summed E-state index contributed by atoms with van der Waals surface area (Å²) in [6, 6.07) is 25.2. The third kappa shape index (κ3) is 6.03. The first-order chi connectivity index (χ1) is 17.1. The number of hydrogen-bond acceptors (Lipinski definition) is 5. The number of ether oxygens (including phenoxy) is 4. The van der Waals surface area contributed by atoms with E-state index in [-0.39, 0.29) is 11.7 Å². The van der Waals surface area contributed by atoms with Gasteiger partial charge in [-0.3, -0.25) is 4.79 Å². The molecular formula is C29H31NO5. The molecule has 35 heavy (non-hydrogen) atoms. The zero-order valence-electron chi connectivity index (χ0n) is 20.4. The molecule has 182 valence electrons. The molecule has 3 aromatic carbocycles. The predicted octanol–water partition coefficient (Wildman–Crippen LogP) is 5.72. The van der Waals surface area contributed by atoms with Crippen LogP contribution in [0.25, 0.3) is 0 Å². The molecule has 0 N–H and O–H groups in total. The standard InChI is InChI=1S/C29H31NO5/c1-4-30(5-2)29(31)28-27(21(3)32-19-22-12-8-6-9-13-22)35-26-18-24(16-17-25(26)34-28)33-20-23-14-10-7-11-15-23/h6-18,21H,4-5,19-20H2,1-3H3. The van der Waals surface area contributed by atoms with Crippen molar-refractivity contribution in [2.75, 3.05) is 13.1 Å². The van der Waals surface area contributed by atoms with Crippen LogP contribution in [0, 0.1) is 0 Å². The van der Waals surface area contributed by atoms with Crippen LogP contribution in [-0.4, -0.2) is 30.0 Å². The van der Waals surface area contributed by atoms with E-state index in [1.54, 1.807) is 17.0 Å². The summed E-state index contributed by atoms with van der Waals surface area (Å²) in [5.41, 5.74) is 2.10. The summed E-state index contributed by atoms with van der Waals surface area (Å²) in [7, 11) is 0. The monoisotopic (exact) mass is 473 g/mol. The summed E-state index contributed by atoms with van der Waals surface area (Å²) in [5.74, 6) is 1.87. The Bertz CT molecular complexity index is 1160. The van der Waals surface area contributed by atoms with Gasteiger partial charge in [-0.05, 0) is 44.0 Å². The van der Waals surface area contributed by atoms with Crippen molar-refractivity contribution in [1.29, 1.82) is 0 Å². The Kier molecular flexibility index (Phi) is 8.06. The van der Waals surface area contributed by atoms with E-state index in [0.717, 1.165) is 11.1 Å². The van der Waals surface area contributed by atoms with Gasteiger partial charge in [0.05, 0.1) is 6.61 Å². The first kappa shape index (κ1) is 24.4. The van der Waals surface area contributed by atoms with Gasteiger partial charge in [0.25, 0.3) is 5.91 Å². The van der Waals surface area contributed by atoms with E-state index in [4.69, 9.17) is 18.9 Å². The number of rotatable bonds is 10. The van der Waals surface area contributed by atoms with Crippen LogP contribution < -0.4 is 14.2 Å². The molecule has 1 aliphatic rings. The number of benzene rings is 3. The molecule has 0 saturated heterocycles. The molecule has 1 unspecified atom stereocenters. The van der Waals surface area contributed by atoms with Gasteiger partial charge in [0.1, 0.15) is 18.5 Å². The van der Waals surface area contributed by atoms with Crippen LogP contribution in [0.4, 0.5) is 0 Å². The third-order valence-electron chi connectivity index (χ3n) is 5.78. The molecule has 0 bridgehead atoms. The summed E-state index contributed by atoms with van der Waals surface area (Å²) in [5, 5.41) is 0. The lowest BCUT2D eigenvalue weighted by Crippen LogP contribution is -2.37. The molecule has 6 heteroatoms. The fourth-order valence-corrected chi connectivity index (χ4v) is 3.75. The minimum Gasteiger partial charge on any atom is -0.489 e. The number of likely N-dealkylation sites (N-methyl/N-ethyl adjacent to an activating group) is 1. The Labute approximate surface area is 206 Å². The Hall–Kier alpha value is -3.77. The summed E-state index contributed by atoms with van der Waals surface area (Å²) in [6.07, 6.45) is -0.508. The van der Waals surface area contributed by atoms with Gasteiger partial charge < -0.3 is 23.8 Å². The lowest BCUT2D eigenvalue weighted by atomic mass is 10.2. The van der Waals surface area contributed by atoms with Crippen LogP contribution in [0.3, 0.4) is 0 Å². The van der Waals surface area contributed by atoms with Crippen LogP contribution in [0.2, 0.25) is 0 Å². The van der Waals surface area contributed by atoms with E-state index in [1.165, 1.54) is 0 Å². The molecule has 0 aromatic heterocycles. The highest BCUT2D eigenvalue weighted by Gasteiger charge is 2.33. The first-order valence-electron chi connectivity index (χ1n) is 11.9. The molecule has 0 saturated carbocycles. The maximum atomic E-state index is 13.3. The highest BCUT2D eigenvalue weighted by Crippen LogP contribution is 2.39. The van der Waals surface area contributed by atoms with Crippen molar-refractivity contribution in [2.24, 2.45) is 0 Å². The molecule has 4 rings (SSSR count). The second-order valence-electron chi connectivity index (χ2n) is 8.20. The summed E-state index contributed by atoms with van der Waals surface area (Å²) in [6.45, 7) is 7.68. The van der Waals surface area contributed by atoms with Gasteiger partial charge >= 0.3 is 0 Å². The van der Waals surface area contributed by atoms with E-state index in [0.29, 0.717) is 49.3 Å². The van der Waals surface area contributed by atoms with Crippen molar-refractivity contribution < 1.29 is 23.7 Å². The zero-order chi connectivity index (χ0) is 24.6. The second-order valence-corrected chi connectivity index (χ2v) is 8.20. The Morgan fingerprint density at radius 2 is 1.46 bits per heavy atom. The normalized spacial score (nSPS) is 13.3. The quantitative estimate of drug-likeness (QED) is 0.377. The largest absolute Gasteiger partial charge is 0.489 e. The van der Waals surface area contributed by atoms with Crippen molar-refractivity contribution in [3.05, 3.63) is 102 Å². The maximum Gasteiger partial charge on any atom is 0.293 e.